The van der Waals surface area contributed by atoms with Gasteiger partial charge in [0, 0.05) is 25.3 Å². The monoisotopic (exact) mass is 453 g/mol. The fourth-order valence-electron chi connectivity index (χ4n) is 4.51. The zero-order valence-electron chi connectivity index (χ0n) is 18.8. The summed E-state index contributed by atoms with van der Waals surface area (Å²) < 4.78 is 11.6. The van der Waals surface area contributed by atoms with Gasteiger partial charge in [0.15, 0.2) is 10.8 Å². The van der Waals surface area contributed by atoms with Crippen LogP contribution < -0.4 is 15.0 Å². The number of fused-ring (bicyclic) bond motifs is 4. The molecular formula is C24H27N3O4S. The molecule has 0 spiro atoms. The molecule has 2 heterocycles. The summed E-state index contributed by atoms with van der Waals surface area (Å²) in [5.41, 5.74) is 2.09. The third-order valence-corrected chi connectivity index (χ3v) is 6.30. The summed E-state index contributed by atoms with van der Waals surface area (Å²) in [7, 11) is 3.48. The Labute approximate surface area is 193 Å². The van der Waals surface area contributed by atoms with Crippen LogP contribution in [0.2, 0.25) is 0 Å². The third kappa shape index (κ3) is 3.48. The quantitative estimate of drug-likeness (QED) is 0.562. The highest BCUT2D eigenvalue weighted by atomic mass is 32.1. The number of carbonyl (C=O) groups is 2. The molecule has 0 unspecified atom stereocenters. The second-order valence-electron chi connectivity index (χ2n) is 8.44. The van der Waals surface area contributed by atoms with Crippen LogP contribution in [0.5, 0.6) is 5.75 Å². The maximum atomic E-state index is 13.4. The molecule has 2 bridgehead atoms. The first kappa shape index (κ1) is 22.1. The van der Waals surface area contributed by atoms with Crippen LogP contribution in [0.15, 0.2) is 42.5 Å². The van der Waals surface area contributed by atoms with Crippen LogP contribution in [0.1, 0.15) is 41.4 Å². The number of esters is 1. The summed E-state index contributed by atoms with van der Waals surface area (Å²) in [4.78, 5) is 28.9. The predicted octanol–water partition coefficient (Wildman–Crippen LogP) is 3.42. The standard InChI is InChI=1S/C24H27N3O4S/c1-6-30-22(29)15-8-10-16(11-9-15)27-23(32)25-20-17-13-14(2)7-12-18(17)31-24(27,3)19(20)21(28)26(4)5/h7-13,19-20H,6H2,1-5H3,(H,25,32)/t19-,20+,24+/m1/s1. The number of hydrogen-bond acceptors (Lipinski definition) is 5. The second-order valence-corrected chi connectivity index (χ2v) is 8.82. The van der Waals surface area contributed by atoms with Crippen LogP contribution in [0, 0.1) is 12.8 Å². The molecule has 1 saturated heterocycles. The molecular weight excluding hydrogens is 426 g/mol. The van der Waals surface area contributed by atoms with Gasteiger partial charge in [0.2, 0.25) is 5.91 Å². The summed E-state index contributed by atoms with van der Waals surface area (Å²) in [6.07, 6.45) is 0. The van der Waals surface area contributed by atoms with Crippen molar-refractivity contribution in [1.29, 1.82) is 0 Å². The molecule has 1 amide bonds. The molecule has 4 rings (SSSR count). The summed E-state index contributed by atoms with van der Waals surface area (Å²) in [5.74, 6) is -0.284. The van der Waals surface area contributed by atoms with E-state index in [1.54, 1.807) is 50.2 Å². The van der Waals surface area contributed by atoms with Crippen LogP contribution in [0.25, 0.3) is 0 Å². The predicted molar refractivity (Wildman–Crippen MR) is 126 cm³/mol. The van der Waals surface area contributed by atoms with Crippen molar-refractivity contribution in [2.24, 2.45) is 5.92 Å². The van der Waals surface area contributed by atoms with Crippen LogP contribution >= 0.6 is 12.2 Å². The molecule has 7 nitrogen and oxygen atoms in total. The lowest BCUT2D eigenvalue weighted by atomic mass is 9.78. The molecule has 8 heteroatoms. The third-order valence-electron chi connectivity index (χ3n) is 6.00. The van der Waals surface area contributed by atoms with E-state index in [-0.39, 0.29) is 17.9 Å². The molecule has 168 valence electrons. The van der Waals surface area contributed by atoms with E-state index in [1.165, 1.54) is 0 Å². The Morgan fingerprint density at radius 3 is 2.53 bits per heavy atom. The van der Waals surface area contributed by atoms with Crippen molar-refractivity contribution in [3.8, 4) is 5.75 Å². The number of carbonyl (C=O) groups excluding carboxylic acids is 2. The van der Waals surface area contributed by atoms with Gasteiger partial charge < -0.3 is 19.7 Å². The van der Waals surface area contributed by atoms with Gasteiger partial charge in [0.05, 0.1) is 18.2 Å². The minimum absolute atomic E-state index is 0.0622. The van der Waals surface area contributed by atoms with E-state index in [0.717, 1.165) is 11.1 Å². The number of benzene rings is 2. The van der Waals surface area contributed by atoms with Crippen molar-refractivity contribution in [2.45, 2.75) is 32.5 Å². The zero-order valence-corrected chi connectivity index (χ0v) is 19.7. The van der Waals surface area contributed by atoms with Crippen LogP contribution in [0.3, 0.4) is 0 Å². The number of anilines is 1. The number of nitrogens with zero attached hydrogens (tertiary/aromatic N) is 2. The highest BCUT2D eigenvalue weighted by Gasteiger charge is 2.59. The Hall–Kier alpha value is -3.13. The van der Waals surface area contributed by atoms with Gasteiger partial charge in [-0.1, -0.05) is 17.7 Å². The van der Waals surface area contributed by atoms with Crippen molar-refractivity contribution in [3.63, 3.8) is 0 Å². The molecule has 0 saturated carbocycles. The van der Waals surface area contributed by atoms with Gasteiger partial charge in [0.1, 0.15) is 11.7 Å². The second kappa shape index (κ2) is 8.09. The minimum atomic E-state index is -1.07. The van der Waals surface area contributed by atoms with Crippen LogP contribution in [0.4, 0.5) is 5.69 Å². The smallest absolute Gasteiger partial charge is 0.338 e. The molecule has 2 aliphatic rings. The SMILES string of the molecule is CCOC(=O)c1ccc(N2C(=S)N[C@H]3c4cc(C)ccc4O[C@@]2(C)[C@H]3C(=O)N(C)C)cc1. The minimum Gasteiger partial charge on any atom is -0.467 e. The molecule has 2 aromatic carbocycles. The van der Waals surface area contributed by atoms with Gasteiger partial charge in [-0.3, -0.25) is 9.69 Å². The van der Waals surface area contributed by atoms with Gasteiger partial charge in [0.25, 0.3) is 0 Å². The number of aryl methyl sites for hydroxylation is 1. The number of hydrogen-bond donors (Lipinski definition) is 1. The van der Waals surface area contributed by atoms with Crippen LogP contribution in [-0.2, 0) is 9.53 Å². The zero-order chi connectivity index (χ0) is 23.2. The largest absolute Gasteiger partial charge is 0.467 e. The molecule has 1 N–H and O–H groups in total. The number of nitrogens with one attached hydrogen (secondary N) is 1. The van der Waals surface area contributed by atoms with E-state index in [4.69, 9.17) is 21.7 Å². The fourth-order valence-corrected chi connectivity index (χ4v) is 4.92. The van der Waals surface area contributed by atoms with E-state index >= 15 is 0 Å². The summed E-state index contributed by atoms with van der Waals surface area (Å²) >= 11 is 5.75. The first-order valence-electron chi connectivity index (χ1n) is 10.6. The summed E-state index contributed by atoms with van der Waals surface area (Å²) in [6.45, 7) is 5.97. The maximum absolute atomic E-state index is 13.4. The van der Waals surface area contributed by atoms with Crippen LogP contribution in [-0.4, -0.2) is 48.3 Å². The van der Waals surface area contributed by atoms with Crippen molar-refractivity contribution in [2.75, 3.05) is 25.6 Å². The van der Waals surface area contributed by atoms with Gasteiger partial charge in [-0.25, -0.2) is 4.79 Å². The highest BCUT2D eigenvalue weighted by molar-refractivity contribution is 7.80. The Balaban J connectivity index is 1.81. The topological polar surface area (TPSA) is 71.1 Å². The van der Waals surface area contributed by atoms with Gasteiger partial charge in [-0.15, -0.1) is 0 Å². The molecule has 0 aromatic heterocycles. The van der Waals surface area contributed by atoms with E-state index in [1.807, 2.05) is 36.9 Å². The first-order chi connectivity index (χ1) is 15.2. The number of ether oxygens (including phenoxy) is 2. The first-order valence-corrected chi connectivity index (χ1v) is 11.0. The molecule has 2 aromatic rings. The Morgan fingerprint density at radius 1 is 1.22 bits per heavy atom. The van der Waals surface area contributed by atoms with Crippen molar-refractivity contribution < 1.29 is 19.1 Å². The highest BCUT2D eigenvalue weighted by Crippen LogP contribution is 2.50. The summed E-state index contributed by atoms with van der Waals surface area (Å²) in [5, 5.41) is 3.84. The van der Waals surface area contributed by atoms with E-state index in [9.17, 15) is 9.59 Å². The number of amides is 1. The van der Waals surface area contributed by atoms with E-state index in [0.29, 0.717) is 28.7 Å². The van der Waals surface area contributed by atoms with Gasteiger partial charge in [-0.05, 0) is 63.3 Å². The maximum Gasteiger partial charge on any atom is 0.338 e. The number of rotatable bonds is 4. The van der Waals surface area contributed by atoms with Gasteiger partial charge >= 0.3 is 5.97 Å². The lowest BCUT2D eigenvalue weighted by Crippen LogP contribution is -2.72. The lowest BCUT2D eigenvalue weighted by molar-refractivity contribution is -0.144. The molecule has 0 aliphatic carbocycles. The Morgan fingerprint density at radius 2 is 1.91 bits per heavy atom. The molecule has 3 atom stereocenters. The van der Waals surface area contributed by atoms with Crippen molar-refractivity contribution in [3.05, 3.63) is 59.2 Å². The van der Waals surface area contributed by atoms with E-state index in [2.05, 4.69) is 5.32 Å². The molecule has 1 fully saturated rings. The van der Waals surface area contributed by atoms with E-state index < -0.39 is 11.6 Å². The molecule has 0 radical (unpaired) electrons. The Kier molecular flexibility index (Phi) is 5.58. The molecule has 2 aliphatic heterocycles. The fraction of sp³-hybridized carbons (Fsp3) is 0.375. The summed E-state index contributed by atoms with van der Waals surface area (Å²) in [6, 6.07) is 12.6. The number of thiocarbonyl (C=S) groups is 1. The average Bonchev–Trinajstić information content (AvgIpc) is 2.74. The molecule has 32 heavy (non-hydrogen) atoms. The Bertz CT molecular complexity index is 1090. The van der Waals surface area contributed by atoms with Crippen molar-refractivity contribution in [1.82, 2.24) is 10.2 Å². The normalized spacial score (nSPS) is 23.5. The van der Waals surface area contributed by atoms with Crippen molar-refractivity contribution >= 4 is 34.9 Å². The lowest BCUT2D eigenvalue weighted by Gasteiger charge is -2.56. The van der Waals surface area contributed by atoms with Gasteiger partial charge in [-0.2, -0.15) is 0 Å². The average molecular weight is 454 g/mol.